The van der Waals surface area contributed by atoms with Crippen molar-refractivity contribution in [2.45, 2.75) is 25.7 Å². The minimum atomic E-state index is -0.166. The van der Waals surface area contributed by atoms with Crippen molar-refractivity contribution in [1.29, 1.82) is 0 Å². The van der Waals surface area contributed by atoms with Crippen molar-refractivity contribution in [3.05, 3.63) is 77.1 Å². The smallest absolute Gasteiger partial charge is 0.251 e. The number of nitrogens with one attached hydrogen (secondary N) is 1. The number of aryl methyl sites for hydroxylation is 4. The van der Waals surface area contributed by atoms with Gasteiger partial charge < -0.3 is 10.1 Å². The molecule has 0 radical (unpaired) electrons. The molecular weight excluding hydrogens is 286 g/mol. The van der Waals surface area contributed by atoms with Gasteiger partial charge in [-0.15, -0.1) is 0 Å². The molecule has 0 aliphatic heterocycles. The van der Waals surface area contributed by atoms with Crippen molar-refractivity contribution in [2.75, 3.05) is 12.4 Å². The zero-order valence-corrected chi connectivity index (χ0v) is 13.3. The van der Waals surface area contributed by atoms with Gasteiger partial charge in [0.05, 0.1) is 13.4 Å². The molecule has 1 N–H and O–H groups in total. The van der Waals surface area contributed by atoms with Crippen LogP contribution in [0.3, 0.4) is 0 Å². The van der Waals surface area contributed by atoms with E-state index in [-0.39, 0.29) is 5.91 Å². The number of carbonyl (C=O) groups excluding carboxylic acids is 1. The van der Waals surface area contributed by atoms with Crippen LogP contribution < -0.4 is 5.32 Å². The average molecular weight is 307 g/mol. The van der Waals surface area contributed by atoms with E-state index in [9.17, 15) is 4.79 Å². The number of benzene rings is 2. The predicted octanol–water partition coefficient (Wildman–Crippen LogP) is 3.67. The molecule has 4 aliphatic rings. The number of ether oxygens (including phenoxy) is 1. The second-order valence-corrected chi connectivity index (χ2v) is 5.84. The first kappa shape index (κ1) is 15.3. The normalized spacial score (nSPS) is 13.6. The topological polar surface area (TPSA) is 38.3 Å². The quantitative estimate of drug-likeness (QED) is 0.694. The van der Waals surface area contributed by atoms with Gasteiger partial charge in [0.25, 0.3) is 5.91 Å². The number of carbonyl (C=O) groups is 1. The molecule has 0 aromatic heterocycles. The fourth-order valence-electron chi connectivity index (χ4n) is 2.86. The summed E-state index contributed by atoms with van der Waals surface area (Å²) >= 11 is 0. The summed E-state index contributed by atoms with van der Waals surface area (Å²) in [5, 5.41) is 2.98. The molecule has 118 valence electrons. The van der Waals surface area contributed by atoms with E-state index in [1.807, 2.05) is 0 Å². The van der Waals surface area contributed by atoms with E-state index >= 15 is 0 Å². The molecule has 6 rings (SSSR count). The zero-order chi connectivity index (χ0) is 16.1. The monoisotopic (exact) mass is 307 g/mol. The predicted molar refractivity (Wildman–Crippen MR) is 92.5 cm³/mol. The molecule has 1 amide bonds. The highest BCUT2D eigenvalue weighted by atomic mass is 16.5. The highest BCUT2D eigenvalue weighted by Crippen LogP contribution is 2.23. The molecule has 0 heterocycles. The van der Waals surface area contributed by atoms with E-state index in [0.717, 1.165) is 36.9 Å². The van der Waals surface area contributed by atoms with Crippen molar-refractivity contribution >= 4 is 11.6 Å². The van der Waals surface area contributed by atoms with Crippen LogP contribution in [0.25, 0.3) is 0 Å². The summed E-state index contributed by atoms with van der Waals surface area (Å²) < 4.78 is 4.80. The summed E-state index contributed by atoms with van der Waals surface area (Å²) in [6.45, 7) is 0. The van der Waals surface area contributed by atoms with Crippen LogP contribution in [0, 0.1) is 0 Å². The molecular formula is C20H21NO2. The first-order valence-corrected chi connectivity index (χ1v) is 7.94. The molecule has 0 saturated carbocycles. The molecule has 3 heteroatoms. The van der Waals surface area contributed by atoms with Crippen molar-refractivity contribution < 1.29 is 9.53 Å². The van der Waals surface area contributed by atoms with Crippen LogP contribution >= 0.6 is 0 Å². The summed E-state index contributed by atoms with van der Waals surface area (Å²) in [5.41, 5.74) is 5.99. The number of rotatable bonds is 3. The zero-order valence-electron chi connectivity index (χ0n) is 13.3. The van der Waals surface area contributed by atoms with Gasteiger partial charge in [-0.1, -0.05) is 36.4 Å². The van der Waals surface area contributed by atoms with Crippen LogP contribution in [0.4, 0.5) is 5.69 Å². The number of hydrogen-bond donors (Lipinski definition) is 1. The van der Waals surface area contributed by atoms with Gasteiger partial charge >= 0.3 is 0 Å². The molecule has 23 heavy (non-hydrogen) atoms. The van der Waals surface area contributed by atoms with Crippen LogP contribution in [-0.4, -0.2) is 13.0 Å². The fourth-order valence-corrected chi connectivity index (χ4v) is 2.86. The Balaban J connectivity index is 1.87. The minimum absolute atomic E-state index is 0.166. The fraction of sp³-hybridized carbons (Fsp3) is 0.250. The van der Waals surface area contributed by atoms with Crippen LogP contribution in [0.5, 0.6) is 0 Å². The van der Waals surface area contributed by atoms with Gasteiger partial charge in [0, 0.05) is 11.8 Å². The molecule has 4 aliphatic carbocycles. The number of amides is 1. The van der Waals surface area contributed by atoms with Crippen LogP contribution in [0.2, 0.25) is 0 Å². The van der Waals surface area contributed by atoms with E-state index < -0.39 is 0 Å². The van der Waals surface area contributed by atoms with E-state index in [1.165, 1.54) is 36.1 Å². The summed E-state index contributed by atoms with van der Waals surface area (Å²) in [7, 11) is 1.53. The highest BCUT2D eigenvalue weighted by Gasteiger charge is 2.09. The molecule has 2 aromatic rings. The summed E-state index contributed by atoms with van der Waals surface area (Å²) in [6.07, 6.45) is 6.64. The molecule has 0 spiro atoms. The van der Waals surface area contributed by atoms with Gasteiger partial charge in [-0.3, -0.25) is 4.79 Å². The Hall–Kier alpha value is -2.55. The Bertz CT molecular complexity index is 717. The maximum atomic E-state index is 12.0. The molecule has 3 nitrogen and oxygen atoms in total. The van der Waals surface area contributed by atoms with Crippen LogP contribution in [-0.2, 0) is 35.2 Å². The van der Waals surface area contributed by atoms with E-state index in [4.69, 9.17) is 4.74 Å². The maximum Gasteiger partial charge on any atom is 0.251 e. The lowest BCUT2D eigenvalue weighted by Crippen LogP contribution is -2.11. The lowest BCUT2D eigenvalue weighted by molar-refractivity contribution is -0.112. The molecule has 2 aromatic carbocycles. The van der Waals surface area contributed by atoms with Gasteiger partial charge in [-0.25, -0.2) is 0 Å². The lowest BCUT2D eigenvalue weighted by Gasteiger charge is -2.14. The number of hydrogen-bond acceptors (Lipinski definition) is 2. The van der Waals surface area contributed by atoms with Crippen molar-refractivity contribution in [1.82, 2.24) is 0 Å². The van der Waals surface area contributed by atoms with Gasteiger partial charge in [0.1, 0.15) is 0 Å². The minimum Gasteiger partial charge on any atom is -0.504 e. The van der Waals surface area contributed by atoms with E-state index in [2.05, 4.69) is 47.8 Å². The lowest BCUT2D eigenvalue weighted by atomic mass is 9.95. The number of methoxy groups -OCH3 is 1. The van der Waals surface area contributed by atoms with Crippen molar-refractivity contribution in [3.63, 3.8) is 0 Å². The van der Waals surface area contributed by atoms with Crippen molar-refractivity contribution in [3.8, 4) is 0 Å². The first-order valence-electron chi connectivity index (χ1n) is 7.94. The van der Waals surface area contributed by atoms with Crippen molar-refractivity contribution in [2.24, 2.45) is 0 Å². The maximum absolute atomic E-state index is 12.0. The van der Waals surface area contributed by atoms with Gasteiger partial charge in [-0.2, -0.15) is 0 Å². The Morgan fingerprint density at radius 1 is 0.957 bits per heavy atom. The Morgan fingerprint density at radius 3 is 2.26 bits per heavy atom. The van der Waals surface area contributed by atoms with Gasteiger partial charge in [0.15, 0.2) is 0 Å². The molecule has 0 fully saturated rings. The highest BCUT2D eigenvalue weighted by molar-refractivity contribution is 5.99. The molecule has 0 atom stereocenters. The molecule has 0 saturated heterocycles. The van der Waals surface area contributed by atoms with Gasteiger partial charge in [0.2, 0.25) is 0 Å². The third kappa shape index (κ3) is 4.01. The van der Waals surface area contributed by atoms with Gasteiger partial charge in [-0.05, 0) is 54.0 Å². The van der Waals surface area contributed by atoms with E-state index in [1.54, 1.807) is 0 Å². The average Bonchev–Trinajstić information content (AvgIpc) is 2.56. The Kier molecular flexibility index (Phi) is 4.77. The third-order valence-corrected chi connectivity index (χ3v) is 4.20. The second-order valence-electron chi connectivity index (χ2n) is 5.84. The summed E-state index contributed by atoms with van der Waals surface area (Å²) in [4.78, 5) is 12.0. The first-order chi connectivity index (χ1) is 11.2. The molecule has 0 unspecified atom stereocenters. The summed E-state index contributed by atoms with van der Waals surface area (Å²) in [6, 6.07) is 15.3. The van der Waals surface area contributed by atoms with E-state index in [0.29, 0.717) is 0 Å². The second kappa shape index (κ2) is 7.14. The van der Waals surface area contributed by atoms with Crippen LogP contribution in [0.15, 0.2) is 54.8 Å². The number of anilines is 1. The molecule has 4 bridgehead atoms. The summed E-state index contributed by atoms with van der Waals surface area (Å²) in [5.74, 6) is -0.166. The third-order valence-electron chi connectivity index (χ3n) is 4.20. The standard InChI is InChI=1S/C20H21NO2/c1-23-13-12-20(22)21-19-14-17-7-6-15-2-4-16(5-3-15)8-10-18(19)11-9-17/h2-5,9,11-14H,6-8,10H2,1H3,(H,21,22)/b13-12+. The Morgan fingerprint density at radius 2 is 1.57 bits per heavy atom. The SMILES string of the molecule is CO/C=C/C(=O)Nc1cc2ccc1CCc1ccc(cc1)CC2. The van der Waals surface area contributed by atoms with Crippen LogP contribution in [0.1, 0.15) is 22.3 Å². The Labute approximate surface area is 137 Å². The largest absolute Gasteiger partial charge is 0.504 e.